The number of rotatable bonds is 7. The zero-order valence-electron chi connectivity index (χ0n) is 16.3. The van der Waals surface area contributed by atoms with Crippen LogP contribution in [0.2, 0.25) is 0 Å². The van der Waals surface area contributed by atoms with Crippen LogP contribution < -0.4 is 25.4 Å². The van der Waals surface area contributed by atoms with Crippen molar-refractivity contribution < 1.29 is 18.7 Å². The average Bonchev–Trinajstić information content (AvgIpc) is 2.73. The molecule has 0 radical (unpaired) electrons. The Kier molecular flexibility index (Phi) is 7.27. The van der Waals surface area contributed by atoms with E-state index in [0.29, 0.717) is 37.8 Å². The number of guanidine groups is 1. The topological polar surface area (TPSA) is 84.0 Å². The molecule has 1 atom stereocenters. The van der Waals surface area contributed by atoms with E-state index in [0.717, 1.165) is 11.5 Å². The average molecular weight is 400 g/mol. The number of nitrogens with zero attached hydrogens (tertiary/aromatic N) is 1. The SMILES string of the molecule is CN=C(NCCNC(=O)Cc1cccc(F)c1)NCC1COc2ccccc2O1. The van der Waals surface area contributed by atoms with Gasteiger partial charge in [-0.25, -0.2) is 4.39 Å². The van der Waals surface area contributed by atoms with Gasteiger partial charge in [0.1, 0.15) is 18.5 Å². The molecule has 2 aromatic carbocycles. The van der Waals surface area contributed by atoms with Crippen molar-refractivity contribution in [2.24, 2.45) is 4.99 Å². The van der Waals surface area contributed by atoms with Crippen LogP contribution in [0.5, 0.6) is 11.5 Å². The number of para-hydroxylation sites is 2. The van der Waals surface area contributed by atoms with Crippen molar-refractivity contribution in [3.05, 3.63) is 59.9 Å². The lowest BCUT2D eigenvalue weighted by atomic mass is 10.1. The number of hydrogen-bond donors (Lipinski definition) is 3. The van der Waals surface area contributed by atoms with Crippen LogP contribution in [-0.4, -0.2) is 51.3 Å². The Morgan fingerprint density at radius 2 is 1.90 bits per heavy atom. The summed E-state index contributed by atoms with van der Waals surface area (Å²) in [6.45, 7) is 1.90. The summed E-state index contributed by atoms with van der Waals surface area (Å²) in [4.78, 5) is 16.1. The highest BCUT2D eigenvalue weighted by Gasteiger charge is 2.20. The van der Waals surface area contributed by atoms with Crippen LogP contribution >= 0.6 is 0 Å². The number of fused-ring (bicyclic) bond motifs is 1. The summed E-state index contributed by atoms with van der Waals surface area (Å²) in [6.07, 6.45) is 0.0139. The van der Waals surface area contributed by atoms with Crippen LogP contribution in [0.1, 0.15) is 5.56 Å². The molecule has 3 N–H and O–H groups in total. The van der Waals surface area contributed by atoms with E-state index in [2.05, 4.69) is 20.9 Å². The molecule has 1 unspecified atom stereocenters. The minimum Gasteiger partial charge on any atom is -0.486 e. The second-order valence-corrected chi connectivity index (χ2v) is 6.53. The number of amides is 1. The molecule has 1 amide bonds. The Morgan fingerprint density at radius 1 is 1.10 bits per heavy atom. The third-order valence-corrected chi connectivity index (χ3v) is 4.28. The molecule has 29 heavy (non-hydrogen) atoms. The third-order valence-electron chi connectivity index (χ3n) is 4.28. The highest BCUT2D eigenvalue weighted by molar-refractivity contribution is 5.80. The molecule has 0 aliphatic carbocycles. The Balaban J connectivity index is 1.33. The Labute approximate surface area is 169 Å². The summed E-state index contributed by atoms with van der Waals surface area (Å²) in [5, 5.41) is 9.10. The van der Waals surface area contributed by atoms with Crippen LogP contribution in [0.25, 0.3) is 0 Å². The van der Waals surface area contributed by atoms with E-state index in [1.54, 1.807) is 19.2 Å². The molecule has 0 saturated heterocycles. The Morgan fingerprint density at radius 3 is 2.69 bits per heavy atom. The minimum atomic E-state index is -0.345. The summed E-state index contributed by atoms with van der Waals surface area (Å²) in [5.74, 6) is 1.58. The molecular weight excluding hydrogens is 375 g/mol. The van der Waals surface area contributed by atoms with Crippen LogP contribution in [-0.2, 0) is 11.2 Å². The van der Waals surface area contributed by atoms with Gasteiger partial charge in [0.2, 0.25) is 5.91 Å². The number of halogens is 1. The maximum absolute atomic E-state index is 13.2. The minimum absolute atomic E-state index is 0.130. The molecule has 2 aromatic rings. The van der Waals surface area contributed by atoms with Gasteiger partial charge in [0.05, 0.1) is 13.0 Å². The summed E-state index contributed by atoms with van der Waals surface area (Å²) in [7, 11) is 1.67. The first-order valence-electron chi connectivity index (χ1n) is 9.48. The molecule has 0 aromatic heterocycles. The predicted molar refractivity (Wildman–Crippen MR) is 109 cm³/mol. The first-order chi connectivity index (χ1) is 14.1. The Bertz CT molecular complexity index is 859. The van der Waals surface area contributed by atoms with Crippen molar-refractivity contribution in [3.63, 3.8) is 0 Å². The van der Waals surface area contributed by atoms with E-state index < -0.39 is 0 Å². The normalized spacial score (nSPS) is 15.5. The summed E-state index contributed by atoms with van der Waals surface area (Å²) in [6, 6.07) is 13.6. The van der Waals surface area contributed by atoms with Crippen molar-refractivity contribution >= 4 is 11.9 Å². The molecule has 0 saturated carbocycles. The lowest BCUT2D eigenvalue weighted by Gasteiger charge is -2.27. The molecule has 154 valence electrons. The molecule has 1 heterocycles. The van der Waals surface area contributed by atoms with Crippen molar-refractivity contribution in [3.8, 4) is 11.5 Å². The van der Waals surface area contributed by atoms with Crippen LogP contribution in [0.3, 0.4) is 0 Å². The first-order valence-corrected chi connectivity index (χ1v) is 9.48. The van der Waals surface area contributed by atoms with Crippen molar-refractivity contribution in [1.82, 2.24) is 16.0 Å². The molecule has 0 fully saturated rings. The van der Waals surface area contributed by atoms with Gasteiger partial charge in [-0.2, -0.15) is 0 Å². The maximum atomic E-state index is 13.2. The van der Waals surface area contributed by atoms with Gasteiger partial charge in [-0.1, -0.05) is 24.3 Å². The molecule has 8 heteroatoms. The zero-order valence-corrected chi connectivity index (χ0v) is 16.3. The molecule has 1 aliphatic rings. The number of carbonyl (C=O) groups is 1. The summed E-state index contributed by atoms with van der Waals surface area (Å²) in [5.41, 5.74) is 0.643. The van der Waals surface area contributed by atoms with Gasteiger partial charge in [0.15, 0.2) is 17.5 Å². The van der Waals surface area contributed by atoms with E-state index in [9.17, 15) is 9.18 Å². The third kappa shape index (κ3) is 6.38. The van der Waals surface area contributed by atoms with Crippen molar-refractivity contribution in [1.29, 1.82) is 0 Å². The zero-order chi connectivity index (χ0) is 20.5. The van der Waals surface area contributed by atoms with E-state index in [4.69, 9.17) is 9.47 Å². The van der Waals surface area contributed by atoms with Gasteiger partial charge in [0.25, 0.3) is 0 Å². The fourth-order valence-corrected chi connectivity index (χ4v) is 2.87. The Hall–Kier alpha value is -3.29. The van der Waals surface area contributed by atoms with Gasteiger partial charge >= 0.3 is 0 Å². The first kappa shape index (κ1) is 20.4. The monoisotopic (exact) mass is 400 g/mol. The summed E-state index contributed by atoms with van der Waals surface area (Å²) < 4.78 is 24.7. The van der Waals surface area contributed by atoms with Crippen molar-refractivity contribution in [2.45, 2.75) is 12.5 Å². The standard InChI is InChI=1S/C21H25FN4O3/c1-23-21(26-13-17-14-28-18-7-2-3-8-19(18)29-17)25-10-9-24-20(27)12-15-5-4-6-16(22)11-15/h2-8,11,17H,9-10,12-14H2,1H3,(H,24,27)(H2,23,25,26). The number of hydrogen-bond acceptors (Lipinski definition) is 4. The second kappa shape index (κ2) is 10.3. The smallest absolute Gasteiger partial charge is 0.224 e. The van der Waals surface area contributed by atoms with Gasteiger partial charge in [-0.05, 0) is 29.8 Å². The number of nitrogens with one attached hydrogen (secondary N) is 3. The molecule has 0 bridgehead atoms. The fourth-order valence-electron chi connectivity index (χ4n) is 2.87. The van der Waals surface area contributed by atoms with E-state index in [1.807, 2.05) is 24.3 Å². The quantitative estimate of drug-likeness (QED) is 0.373. The van der Waals surface area contributed by atoms with Gasteiger partial charge in [0, 0.05) is 20.1 Å². The number of carbonyl (C=O) groups excluding carboxylic acids is 1. The molecule has 7 nitrogen and oxygen atoms in total. The van der Waals surface area contributed by atoms with Gasteiger partial charge in [-0.3, -0.25) is 9.79 Å². The lowest BCUT2D eigenvalue weighted by Crippen LogP contribution is -2.46. The van der Waals surface area contributed by atoms with Crippen molar-refractivity contribution in [2.75, 3.05) is 33.3 Å². The van der Waals surface area contributed by atoms with Crippen LogP contribution in [0, 0.1) is 5.82 Å². The van der Waals surface area contributed by atoms with E-state index >= 15 is 0 Å². The fraction of sp³-hybridized carbons (Fsp3) is 0.333. The predicted octanol–water partition coefficient (Wildman–Crippen LogP) is 1.49. The van der Waals surface area contributed by atoms with E-state index in [1.165, 1.54) is 12.1 Å². The maximum Gasteiger partial charge on any atom is 0.224 e. The summed E-state index contributed by atoms with van der Waals surface area (Å²) >= 11 is 0. The molecule has 0 spiro atoms. The number of ether oxygens (including phenoxy) is 2. The largest absolute Gasteiger partial charge is 0.486 e. The molecule has 1 aliphatic heterocycles. The lowest BCUT2D eigenvalue weighted by molar-refractivity contribution is -0.120. The molecular formula is C21H25FN4O3. The number of benzene rings is 2. The highest BCUT2D eigenvalue weighted by atomic mass is 19.1. The highest BCUT2D eigenvalue weighted by Crippen LogP contribution is 2.30. The molecule has 3 rings (SSSR count). The van der Waals surface area contributed by atoms with Crippen LogP contribution in [0.15, 0.2) is 53.5 Å². The van der Waals surface area contributed by atoms with E-state index in [-0.39, 0.29) is 24.2 Å². The second-order valence-electron chi connectivity index (χ2n) is 6.53. The van der Waals surface area contributed by atoms with Gasteiger partial charge < -0.3 is 25.4 Å². The van der Waals surface area contributed by atoms with Gasteiger partial charge in [-0.15, -0.1) is 0 Å². The van der Waals surface area contributed by atoms with Crippen LogP contribution in [0.4, 0.5) is 4.39 Å². The number of aliphatic imine (C=N–C) groups is 1.